The Morgan fingerprint density at radius 3 is 2.38 bits per heavy atom. The maximum absolute atomic E-state index is 13.3. The van der Waals surface area contributed by atoms with E-state index in [0.717, 1.165) is 0 Å². The summed E-state index contributed by atoms with van der Waals surface area (Å²) in [5.74, 6) is -2.50. The van der Waals surface area contributed by atoms with Crippen LogP contribution in [0.2, 0.25) is 0 Å². The average Bonchev–Trinajstić information content (AvgIpc) is 2.54. The van der Waals surface area contributed by atoms with Gasteiger partial charge in [0.25, 0.3) is 0 Å². The molecule has 0 amide bonds. The van der Waals surface area contributed by atoms with Crippen LogP contribution in [0.15, 0.2) is 12.1 Å². The molecule has 0 spiro atoms. The van der Waals surface area contributed by atoms with Gasteiger partial charge in [-0.15, -0.1) is 0 Å². The lowest BCUT2D eigenvalue weighted by molar-refractivity contribution is -0.187. The van der Waals surface area contributed by atoms with Crippen molar-refractivity contribution in [1.29, 1.82) is 0 Å². The molecular weight excluding hydrogens is 353 g/mol. The van der Waals surface area contributed by atoms with Gasteiger partial charge in [-0.3, -0.25) is 4.79 Å². The minimum atomic E-state index is -4.04. The van der Waals surface area contributed by atoms with E-state index >= 15 is 0 Å². The van der Waals surface area contributed by atoms with Crippen LogP contribution in [0.1, 0.15) is 43.4 Å². The van der Waals surface area contributed by atoms with Crippen molar-refractivity contribution in [2.75, 3.05) is 6.67 Å². The van der Waals surface area contributed by atoms with Crippen molar-refractivity contribution in [2.45, 2.75) is 58.7 Å². The highest BCUT2D eigenvalue weighted by Crippen LogP contribution is 2.32. The van der Waals surface area contributed by atoms with Crippen LogP contribution in [0.25, 0.3) is 0 Å². The van der Waals surface area contributed by atoms with E-state index in [1.54, 1.807) is 19.9 Å². The number of ether oxygens (including phenoxy) is 2. The van der Waals surface area contributed by atoms with Crippen molar-refractivity contribution < 1.29 is 37.3 Å². The molecular formula is C18H23F3O5. The number of carbonyl (C=O) groups excluding carboxylic acids is 2. The summed E-state index contributed by atoms with van der Waals surface area (Å²) in [6.07, 6.45) is -4.01. The molecule has 1 unspecified atom stereocenters. The predicted octanol–water partition coefficient (Wildman–Crippen LogP) is 3.41. The normalized spacial score (nSPS) is 13.8. The number of halogens is 3. The van der Waals surface area contributed by atoms with Crippen LogP contribution >= 0.6 is 0 Å². The monoisotopic (exact) mass is 376 g/mol. The third kappa shape index (κ3) is 5.72. The summed E-state index contributed by atoms with van der Waals surface area (Å²) in [7, 11) is 0. The minimum absolute atomic E-state index is 0.0224. The first-order valence-corrected chi connectivity index (χ1v) is 8.13. The Morgan fingerprint density at radius 1 is 1.23 bits per heavy atom. The fourth-order valence-electron chi connectivity index (χ4n) is 2.30. The zero-order valence-electron chi connectivity index (χ0n) is 15.2. The van der Waals surface area contributed by atoms with E-state index < -0.39 is 36.7 Å². The van der Waals surface area contributed by atoms with Gasteiger partial charge in [0.2, 0.25) is 0 Å². The Labute approximate surface area is 150 Å². The fourth-order valence-corrected chi connectivity index (χ4v) is 2.30. The lowest BCUT2D eigenvalue weighted by Gasteiger charge is -2.21. The second-order valence-electron chi connectivity index (χ2n) is 6.33. The molecule has 5 nitrogen and oxygen atoms in total. The van der Waals surface area contributed by atoms with E-state index in [2.05, 4.69) is 9.47 Å². The Hall–Kier alpha value is -2.09. The summed E-state index contributed by atoms with van der Waals surface area (Å²) in [6, 6.07) is 2.94. The first kappa shape index (κ1) is 22.0. The first-order valence-electron chi connectivity index (χ1n) is 8.13. The molecule has 0 aliphatic heterocycles. The van der Waals surface area contributed by atoms with Gasteiger partial charge in [-0.2, -0.15) is 8.78 Å². The first-order chi connectivity index (χ1) is 11.9. The maximum atomic E-state index is 13.3. The molecule has 1 aromatic carbocycles. The van der Waals surface area contributed by atoms with Gasteiger partial charge in [0.15, 0.2) is 12.3 Å². The van der Waals surface area contributed by atoms with Crippen LogP contribution in [-0.2, 0) is 20.7 Å². The number of aryl methyl sites for hydroxylation is 1. The van der Waals surface area contributed by atoms with Gasteiger partial charge in [-0.25, -0.2) is 9.18 Å². The quantitative estimate of drug-likeness (QED) is 0.556. The minimum Gasteiger partial charge on any atom is -0.430 e. The van der Waals surface area contributed by atoms with Crippen LogP contribution in [0.4, 0.5) is 13.2 Å². The van der Waals surface area contributed by atoms with Gasteiger partial charge in [-0.05, 0) is 38.3 Å². The molecule has 0 aliphatic rings. The number of carbonyl (C=O) groups is 2. The van der Waals surface area contributed by atoms with Gasteiger partial charge in [0.05, 0.1) is 6.42 Å². The summed E-state index contributed by atoms with van der Waals surface area (Å²) in [5, 5.41) is 9.93. The van der Waals surface area contributed by atoms with Crippen molar-refractivity contribution in [1.82, 2.24) is 0 Å². The molecule has 0 fully saturated rings. The SMILES string of the molecule is CCCC(C)(O)C(=O)OC(=O)Cc1ccc(C)c(C)c1OC(F)(F)CF. The van der Waals surface area contributed by atoms with E-state index in [0.29, 0.717) is 17.5 Å². The fraction of sp³-hybridized carbons (Fsp3) is 0.556. The number of aliphatic hydroxyl groups is 1. The van der Waals surface area contributed by atoms with Crippen LogP contribution < -0.4 is 4.74 Å². The summed E-state index contributed by atoms with van der Waals surface area (Å²) >= 11 is 0. The molecule has 0 aromatic heterocycles. The Balaban J connectivity index is 3.01. The summed E-state index contributed by atoms with van der Waals surface area (Å²) in [6.45, 7) is 4.07. The van der Waals surface area contributed by atoms with Crippen LogP contribution in [-0.4, -0.2) is 35.4 Å². The molecule has 8 heteroatoms. The molecule has 146 valence electrons. The van der Waals surface area contributed by atoms with Crippen molar-refractivity contribution in [2.24, 2.45) is 0 Å². The van der Waals surface area contributed by atoms with Crippen molar-refractivity contribution in [3.8, 4) is 5.75 Å². The zero-order valence-corrected chi connectivity index (χ0v) is 15.2. The van der Waals surface area contributed by atoms with E-state index in [4.69, 9.17) is 0 Å². The van der Waals surface area contributed by atoms with E-state index in [-0.39, 0.29) is 17.7 Å². The molecule has 0 heterocycles. The molecule has 1 N–H and O–H groups in total. The Morgan fingerprint density at radius 2 is 1.85 bits per heavy atom. The largest absolute Gasteiger partial charge is 0.430 e. The molecule has 0 bridgehead atoms. The molecule has 0 saturated carbocycles. The van der Waals surface area contributed by atoms with Crippen LogP contribution in [0.3, 0.4) is 0 Å². The second kappa shape index (κ2) is 8.53. The highest BCUT2D eigenvalue weighted by Gasteiger charge is 2.35. The number of benzene rings is 1. The summed E-state index contributed by atoms with van der Waals surface area (Å²) < 4.78 is 48.1. The molecule has 0 aliphatic carbocycles. The number of hydrogen-bond donors (Lipinski definition) is 1. The lowest BCUT2D eigenvalue weighted by Crippen LogP contribution is -2.38. The van der Waals surface area contributed by atoms with Gasteiger partial charge in [-0.1, -0.05) is 25.5 Å². The lowest BCUT2D eigenvalue weighted by atomic mass is 10.0. The second-order valence-corrected chi connectivity index (χ2v) is 6.33. The number of hydrogen-bond acceptors (Lipinski definition) is 5. The standard InChI is InChI=1S/C18H23F3O5/c1-5-8-17(4,24)16(23)25-14(22)9-13-7-6-11(2)12(3)15(13)26-18(20,21)10-19/h6-7,24H,5,8-10H2,1-4H3. The zero-order chi connectivity index (χ0) is 20.1. The molecule has 1 atom stereocenters. The summed E-state index contributed by atoms with van der Waals surface area (Å²) in [4.78, 5) is 23.8. The van der Waals surface area contributed by atoms with Crippen molar-refractivity contribution >= 4 is 11.9 Å². The van der Waals surface area contributed by atoms with Gasteiger partial charge in [0, 0.05) is 5.56 Å². The third-order valence-corrected chi connectivity index (χ3v) is 3.88. The molecule has 0 saturated heterocycles. The number of rotatable bonds is 8. The highest BCUT2D eigenvalue weighted by atomic mass is 19.3. The van der Waals surface area contributed by atoms with Crippen molar-refractivity contribution in [3.05, 3.63) is 28.8 Å². The molecule has 26 heavy (non-hydrogen) atoms. The van der Waals surface area contributed by atoms with E-state index in [1.165, 1.54) is 19.9 Å². The van der Waals surface area contributed by atoms with Gasteiger partial charge >= 0.3 is 18.0 Å². The Bertz CT molecular complexity index is 671. The molecule has 1 rings (SSSR count). The van der Waals surface area contributed by atoms with Gasteiger partial charge in [0.1, 0.15) is 5.75 Å². The third-order valence-electron chi connectivity index (χ3n) is 3.88. The van der Waals surface area contributed by atoms with E-state index in [1.807, 2.05) is 0 Å². The van der Waals surface area contributed by atoms with Crippen LogP contribution in [0.5, 0.6) is 5.75 Å². The predicted molar refractivity (Wildman–Crippen MR) is 87.8 cm³/mol. The maximum Gasteiger partial charge on any atom is 0.427 e. The highest BCUT2D eigenvalue weighted by molar-refractivity contribution is 5.91. The number of esters is 2. The molecule has 1 aromatic rings. The smallest absolute Gasteiger partial charge is 0.427 e. The van der Waals surface area contributed by atoms with Crippen LogP contribution in [0, 0.1) is 13.8 Å². The number of alkyl halides is 3. The topological polar surface area (TPSA) is 72.8 Å². The van der Waals surface area contributed by atoms with Crippen molar-refractivity contribution in [3.63, 3.8) is 0 Å². The molecule has 0 radical (unpaired) electrons. The van der Waals surface area contributed by atoms with Gasteiger partial charge < -0.3 is 14.6 Å². The average molecular weight is 376 g/mol. The Kier molecular flexibility index (Phi) is 7.20. The summed E-state index contributed by atoms with van der Waals surface area (Å²) in [5.41, 5.74) is -0.885. The van der Waals surface area contributed by atoms with E-state index in [9.17, 15) is 27.9 Å².